The van der Waals surface area contributed by atoms with Gasteiger partial charge >= 0.3 is 14.6 Å². The predicted molar refractivity (Wildman–Crippen MR) is 123 cm³/mol. The zero-order chi connectivity index (χ0) is 21.2. The Hall–Kier alpha value is -0.760. The maximum atomic E-state index is 12.1. The Kier molecular flexibility index (Phi) is 16.3. The molecule has 0 amide bonds. The molecule has 0 aliphatic heterocycles. The van der Waals surface area contributed by atoms with Crippen molar-refractivity contribution in [2.24, 2.45) is 0 Å². The highest BCUT2D eigenvalue weighted by Gasteiger charge is 2.10. The van der Waals surface area contributed by atoms with Crippen molar-refractivity contribution in [3.8, 4) is 5.75 Å². The van der Waals surface area contributed by atoms with Crippen LogP contribution in [0.3, 0.4) is 0 Å². The van der Waals surface area contributed by atoms with E-state index in [1.54, 1.807) is 39.8 Å². The van der Waals surface area contributed by atoms with Crippen LogP contribution in [0.15, 0.2) is 36.9 Å². The lowest BCUT2D eigenvalue weighted by atomic mass is 10.2. The van der Waals surface area contributed by atoms with Gasteiger partial charge in [0, 0.05) is 11.5 Å². The third-order valence-corrected chi connectivity index (χ3v) is 6.82. The smallest absolute Gasteiger partial charge is 0.338 e. The second-order valence-corrected chi connectivity index (χ2v) is 9.36. The summed E-state index contributed by atoms with van der Waals surface area (Å²) < 4.78 is 27.4. The highest BCUT2D eigenvalue weighted by molar-refractivity contribution is 8.76. The molecule has 0 N–H and O–H groups in total. The Morgan fingerprint density at radius 1 is 1.07 bits per heavy atom. The van der Waals surface area contributed by atoms with Crippen molar-refractivity contribution < 1.29 is 27.8 Å². The summed E-state index contributed by atoms with van der Waals surface area (Å²) in [5.41, 5.74) is 0.494. The first-order chi connectivity index (χ1) is 14.2. The normalized spacial score (nSPS) is 10.9. The molecule has 1 aromatic carbocycles. The SMILES string of the molecule is C=CCSSCCOC(=O)c1cccc(OCCCCOP(OCC)OCC)c1. The fourth-order valence-electron chi connectivity index (χ4n) is 1.98. The summed E-state index contributed by atoms with van der Waals surface area (Å²) in [6.07, 6.45) is 3.51. The molecule has 0 atom stereocenters. The molecule has 0 spiro atoms. The molecule has 1 aromatic rings. The van der Waals surface area contributed by atoms with Crippen molar-refractivity contribution in [3.05, 3.63) is 42.5 Å². The molecular weight excluding hydrogens is 431 g/mol. The summed E-state index contributed by atoms with van der Waals surface area (Å²) in [7, 11) is 2.10. The van der Waals surface area contributed by atoms with Crippen LogP contribution in [0.5, 0.6) is 5.75 Å². The Balaban J connectivity index is 2.22. The number of carbonyl (C=O) groups excluding carboxylic acids is 1. The summed E-state index contributed by atoms with van der Waals surface area (Å²) in [5, 5.41) is 0. The molecule has 1 rings (SSSR count). The van der Waals surface area contributed by atoms with Gasteiger partial charge in [-0.1, -0.05) is 33.7 Å². The van der Waals surface area contributed by atoms with Crippen LogP contribution in [0.4, 0.5) is 0 Å². The summed E-state index contributed by atoms with van der Waals surface area (Å²) in [5.74, 6) is 1.95. The molecule has 0 aromatic heterocycles. The summed E-state index contributed by atoms with van der Waals surface area (Å²) >= 11 is 0. The van der Waals surface area contributed by atoms with Gasteiger partial charge < -0.3 is 23.0 Å². The number of rotatable bonds is 18. The van der Waals surface area contributed by atoms with Gasteiger partial charge in [-0.3, -0.25) is 0 Å². The maximum absolute atomic E-state index is 12.1. The van der Waals surface area contributed by atoms with E-state index in [9.17, 15) is 4.79 Å². The van der Waals surface area contributed by atoms with Crippen LogP contribution in [0.1, 0.15) is 37.0 Å². The Morgan fingerprint density at radius 3 is 2.55 bits per heavy atom. The Labute approximate surface area is 183 Å². The first-order valence-electron chi connectivity index (χ1n) is 9.65. The van der Waals surface area contributed by atoms with E-state index in [2.05, 4.69) is 6.58 Å². The van der Waals surface area contributed by atoms with Crippen molar-refractivity contribution in [2.45, 2.75) is 26.7 Å². The van der Waals surface area contributed by atoms with Crippen molar-refractivity contribution in [2.75, 3.05) is 44.5 Å². The van der Waals surface area contributed by atoms with Crippen LogP contribution in [0.25, 0.3) is 0 Å². The zero-order valence-corrected chi connectivity index (χ0v) is 19.7. The highest BCUT2D eigenvalue weighted by atomic mass is 33.1. The van der Waals surface area contributed by atoms with Gasteiger partial charge in [0.25, 0.3) is 0 Å². The largest absolute Gasteiger partial charge is 0.494 e. The quantitative estimate of drug-likeness (QED) is 0.0880. The van der Waals surface area contributed by atoms with E-state index in [4.69, 9.17) is 23.0 Å². The monoisotopic (exact) mass is 462 g/mol. The van der Waals surface area contributed by atoms with Gasteiger partial charge in [-0.15, -0.1) is 6.58 Å². The molecule has 0 radical (unpaired) electrons. The number of carbonyl (C=O) groups is 1. The van der Waals surface area contributed by atoms with Crippen LogP contribution in [0.2, 0.25) is 0 Å². The van der Waals surface area contributed by atoms with E-state index < -0.39 is 8.60 Å². The van der Waals surface area contributed by atoms with Gasteiger partial charge in [-0.05, 0) is 44.9 Å². The third kappa shape index (κ3) is 13.2. The van der Waals surface area contributed by atoms with Gasteiger partial charge in [0.05, 0.1) is 32.0 Å². The second kappa shape index (κ2) is 18.0. The molecule has 164 valence electrons. The second-order valence-electron chi connectivity index (χ2n) is 5.51. The number of esters is 1. The number of hydrogen-bond acceptors (Lipinski definition) is 8. The van der Waals surface area contributed by atoms with E-state index in [0.717, 1.165) is 24.3 Å². The van der Waals surface area contributed by atoms with Crippen LogP contribution in [0, 0.1) is 0 Å². The van der Waals surface area contributed by atoms with Gasteiger partial charge in [-0.25, -0.2) is 4.79 Å². The number of benzene rings is 1. The maximum Gasteiger partial charge on any atom is 0.338 e. The highest BCUT2D eigenvalue weighted by Crippen LogP contribution is 2.39. The van der Waals surface area contributed by atoms with Gasteiger partial charge in [-0.2, -0.15) is 0 Å². The number of ether oxygens (including phenoxy) is 2. The topological polar surface area (TPSA) is 63.2 Å². The summed E-state index contributed by atoms with van der Waals surface area (Å²) in [6.45, 7) is 10.1. The molecular formula is C20H31O6PS2. The molecule has 29 heavy (non-hydrogen) atoms. The summed E-state index contributed by atoms with van der Waals surface area (Å²) in [4.78, 5) is 12.1. The molecule has 9 heteroatoms. The van der Waals surface area contributed by atoms with Crippen LogP contribution < -0.4 is 4.74 Å². The minimum Gasteiger partial charge on any atom is -0.494 e. The molecule has 0 bridgehead atoms. The van der Waals surface area contributed by atoms with Crippen molar-refractivity contribution in [3.63, 3.8) is 0 Å². The lowest BCUT2D eigenvalue weighted by molar-refractivity contribution is 0.0530. The molecule has 0 fully saturated rings. The predicted octanol–water partition coefficient (Wildman–Crippen LogP) is 5.89. The fraction of sp³-hybridized carbons (Fsp3) is 0.550. The molecule has 0 saturated heterocycles. The van der Waals surface area contributed by atoms with Crippen molar-refractivity contribution in [1.82, 2.24) is 0 Å². The van der Waals surface area contributed by atoms with E-state index in [-0.39, 0.29) is 5.97 Å². The molecule has 0 heterocycles. The minimum absolute atomic E-state index is 0.335. The molecule has 0 aliphatic carbocycles. The van der Waals surface area contributed by atoms with Gasteiger partial charge in [0.15, 0.2) is 0 Å². The van der Waals surface area contributed by atoms with E-state index in [0.29, 0.717) is 44.3 Å². The minimum atomic E-state index is -1.25. The van der Waals surface area contributed by atoms with Gasteiger partial charge in [0.2, 0.25) is 0 Å². The van der Waals surface area contributed by atoms with Gasteiger partial charge in [0.1, 0.15) is 12.4 Å². The number of hydrogen-bond donors (Lipinski definition) is 0. The molecule has 6 nitrogen and oxygen atoms in total. The molecule has 0 unspecified atom stereocenters. The van der Waals surface area contributed by atoms with Crippen molar-refractivity contribution >= 4 is 36.2 Å². The standard InChI is InChI=1S/C20H31O6PS2/c1-4-15-28-29-16-14-23-20(21)18-10-9-11-19(17-18)22-12-7-8-13-26-27(24-5-2)25-6-3/h4,9-11,17H,1,5-8,12-16H2,2-3H3. The average Bonchev–Trinajstić information content (AvgIpc) is 2.73. The first kappa shape index (κ1) is 26.3. The van der Waals surface area contributed by atoms with E-state index >= 15 is 0 Å². The summed E-state index contributed by atoms with van der Waals surface area (Å²) in [6, 6.07) is 7.06. The van der Waals surface area contributed by atoms with E-state index in [1.165, 1.54) is 0 Å². The first-order valence-corrected chi connectivity index (χ1v) is 13.2. The zero-order valence-electron chi connectivity index (χ0n) is 17.2. The number of unbranched alkanes of at least 4 members (excludes halogenated alkanes) is 1. The fourth-order valence-corrected chi connectivity index (χ4v) is 4.50. The van der Waals surface area contributed by atoms with Crippen LogP contribution in [-0.2, 0) is 18.3 Å². The van der Waals surface area contributed by atoms with Crippen LogP contribution in [-0.4, -0.2) is 50.5 Å². The lowest BCUT2D eigenvalue weighted by Crippen LogP contribution is -2.08. The Morgan fingerprint density at radius 2 is 1.83 bits per heavy atom. The Bertz CT molecular complexity index is 570. The molecule has 0 aliphatic rings. The molecule has 0 saturated carbocycles. The third-order valence-electron chi connectivity index (χ3n) is 3.21. The average molecular weight is 463 g/mol. The lowest BCUT2D eigenvalue weighted by Gasteiger charge is -2.14. The van der Waals surface area contributed by atoms with Crippen LogP contribution >= 0.6 is 30.2 Å². The van der Waals surface area contributed by atoms with Crippen molar-refractivity contribution in [1.29, 1.82) is 0 Å². The van der Waals surface area contributed by atoms with E-state index in [1.807, 2.05) is 26.0 Å².